The highest BCUT2D eigenvalue weighted by atomic mass is 16.3. The standard InChI is InChI=1S/C12H26N2O2/c1-4-5-6-7-14(8-9-15)12(16)11(13)10(2)3/h10-11,15H,4-9,13H2,1-3H3/t11-/m0/s1. The van der Waals surface area contributed by atoms with Crippen molar-refractivity contribution in [3.05, 3.63) is 0 Å². The molecule has 16 heavy (non-hydrogen) atoms. The van der Waals surface area contributed by atoms with E-state index in [1.54, 1.807) is 4.90 Å². The predicted molar refractivity (Wildman–Crippen MR) is 66.0 cm³/mol. The lowest BCUT2D eigenvalue weighted by Gasteiger charge is -2.26. The van der Waals surface area contributed by atoms with Crippen molar-refractivity contribution in [3.63, 3.8) is 0 Å². The lowest BCUT2D eigenvalue weighted by Crippen LogP contribution is -2.47. The Labute approximate surface area is 98.8 Å². The average Bonchev–Trinajstić information content (AvgIpc) is 2.26. The van der Waals surface area contributed by atoms with Gasteiger partial charge in [0, 0.05) is 13.1 Å². The molecule has 1 amide bonds. The quantitative estimate of drug-likeness (QED) is 0.611. The SMILES string of the molecule is CCCCCN(CCO)C(=O)[C@@H](N)C(C)C. The normalized spacial score (nSPS) is 12.9. The topological polar surface area (TPSA) is 66.6 Å². The summed E-state index contributed by atoms with van der Waals surface area (Å²) in [6.45, 7) is 7.09. The summed E-state index contributed by atoms with van der Waals surface area (Å²) < 4.78 is 0. The van der Waals surface area contributed by atoms with Gasteiger partial charge in [0.1, 0.15) is 0 Å². The maximum Gasteiger partial charge on any atom is 0.239 e. The summed E-state index contributed by atoms with van der Waals surface area (Å²) in [5.41, 5.74) is 5.82. The number of hydrogen-bond acceptors (Lipinski definition) is 3. The number of rotatable bonds is 8. The van der Waals surface area contributed by atoms with Crippen molar-refractivity contribution < 1.29 is 9.90 Å². The lowest BCUT2D eigenvalue weighted by molar-refractivity contribution is -0.134. The third kappa shape index (κ3) is 5.47. The molecule has 0 saturated carbocycles. The van der Waals surface area contributed by atoms with Gasteiger partial charge in [0.2, 0.25) is 5.91 Å². The first-order chi connectivity index (χ1) is 7.54. The number of carbonyl (C=O) groups is 1. The first-order valence-electron chi connectivity index (χ1n) is 6.19. The van der Waals surface area contributed by atoms with Crippen LogP contribution in [0.15, 0.2) is 0 Å². The number of unbranched alkanes of at least 4 members (excludes halogenated alkanes) is 2. The molecule has 0 aromatic heterocycles. The fourth-order valence-corrected chi connectivity index (χ4v) is 1.50. The second kappa shape index (κ2) is 8.53. The van der Waals surface area contributed by atoms with Crippen LogP contribution >= 0.6 is 0 Å². The third-order valence-electron chi connectivity index (χ3n) is 2.72. The summed E-state index contributed by atoms with van der Waals surface area (Å²) in [6.07, 6.45) is 3.20. The fourth-order valence-electron chi connectivity index (χ4n) is 1.50. The van der Waals surface area contributed by atoms with Crippen LogP contribution in [0.2, 0.25) is 0 Å². The molecule has 1 atom stereocenters. The minimum Gasteiger partial charge on any atom is -0.395 e. The molecule has 0 rings (SSSR count). The maximum atomic E-state index is 12.0. The van der Waals surface area contributed by atoms with E-state index < -0.39 is 6.04 Å². The van der Waals surface area contributed by atoms with Gasteiger partial charge in [-0.25, -0.2) is 0 Å². The molecule has 0 unspecified atom stereocenters. The Hall–Kier alpha value is -0.610. The molecular weight excluding hydrogens is 204 g/mol. The largest absolute Gasteiger partial charge is 0.395 e. The number of aliphatic hydroxyl groups excluding tert-OH is 1. The molecular formula is C12H26N2O2. The minimum absolute atomic E-state index is 0.00266. The summed E-state index contributed by atoms with van der Waals surface area (Å²) in [5.74, 6) is 0.0972. The lowest BCUT2D eigenvalue weighted by atomic mass is 10.0. The second-order valence-electron chi connectivity index (χ2n) is 4.53. The highest BCUT2D eigenvalue weighted by Crippen LogP contribution is 2.05. The smallest absolute Gasteiger partial charge is 0.239 e. The van der Waals surface area contributed by atoms with Crippen LogP contribution in [0.3, 0.4) is 0 Å². The molecule has 0 radical (unpaired) electrons. The zero-order chi connectivity index (χ0) is 12.6. The number of amides is 1. The van der Waals surface area contributed by atoms with Crippen LogP contribution in [-0.4, -0.2) is 41.7 Å². The van der Waals surface area contributed by atoms with Gasteiger partial charge in [-0.2, -0.15) is 0 Å². The van der Waals surface area contributed by atoms with Gasteiger partial charge < -0.3 is 15.7 Å². The third-order valence-corrected chi connectivity index (χ3v) is 2.72. The van der Waals surface area contributed by atoms with Crippen molar-refractivity contribution in [1.82, 2.24) is 4.90 Å². The van der Waals surface area contributed by atoms with Crippen molar-refractivity contribution in [1.29, 1.82) is 0 Å². The van der Waals surface area contributed by atoms with Crippen LogP contribution in [0.1, 0.15) is 40.0 Å². The van der Waals surface area contributed by atoms with E-state index in [2.05, 4.69) is 6.92 Å². The Kier molecular flexibility index (Phi) is 8.21. The van der Waals surface area contributed by atoms with Crippen LogP contribution in [0, 0.1) is 5.92 Å². The first-order valence-corrected chi connectivity index (χ1v) is 6.19. The van der Waals surface area contributed by atoms with Crippen molar-refractivity contribution in [2.24, 2.45) is 11.7 Å². The maximum absolute atomic E-state index is 12.0. The molecule has 0 fully saturated rings. The van der Waals surface area contributed by atoms with Gasteiger partial charge in [0.05, 0.1) is 12.6 Å². The van der Waals surface area contributed by atoms with Crippen molar-refractivity contribution in [2.45, 2.75) is 46.1 Å². The molecule has 0 aliphatic rings. The highest BCUT2D eigenvalue weighted by Gasteiger charge is 2.22. The average molecular weight is 230 g/mol. The minimum atomic E-state index is -0.451. The van der Waals surface area contributed by atoms with Crippen LogP contribution in [0.4, 0.5) is 0 Å². The van der Waals surface area contributed by atoms with Crippen molar-refractivity contribution in [3.8, 4) is 0 Å². The summed E-state index contributed by atoms with van der Waals surface area (Å²) in [6, 6.07) is -0.451. The Balaban J connectivity index is 4.22. The van der Waals surface area contributed by atoms with E-state index in [-0.39, 0.29) is 18.4 Å². The van der Waals surface area contributed by atoms with Crippen molar-refractivity contribution >= 4 is 5.91 Å². The van der Waals surface area contributed by atoms with Crippen LogP contribution < -0.4 is 5.73 Å². The van der Waals surface area contributed by atoms with Crippen LogP contribution in [0.25, 0.3) is 0 Å². The van der Waals surface area contributed by atoms with Gasteiger partial charge in [-0.3, -0.25) is 4.79 Å². The summed E-state index contributed by atoms with van der Waals surface area (Å²) >= 11 is 0. The van der Waals surface area contributed by atoms with Crippen LogP contribution in [-0.2, 0) is 4.79 Å². The zero-order valence-electron chi connectivity index (χ0n) is 10.8. The first kappa shape index (κ1) is 15.4. The molecule has 4 heteroatoms. The second-order valence-corrected chi connectivity index (χ2v) is 4.53. The van der Waals surface area contributed by atoms with Gasteiger partial charge in [-0.15, -0.1) is 0 Å². The molecule has 0 heterocycles. The Morgan fingerprint density at radius 3 is 2.38 bits per heavy atom. The number of aliphatic hydroxyl groups is 1. The summed E-state index contributed by atoms with van der Waals surface area (Å²) in [7, 11) is 0. The number of hydrogen-bond donors (Lipinski definition) is 2. The molecule has 0 aromatic rings. The number of carbonyl (C=O) groups excluding carboxylic acids is 1. The molecule has 0 aromatic carbocycles. The highest BCUT2D eigenvalue weighted by molar-refractivity contribution is 5.81. The van der Waals surface area contributed by atoms with E-state index in [9.17, 15) is 4.79 Å². The van der Waals surface area contributed by atoms with E-state index >= 15 is 0 Å². The van der Waals surface area contributed by atoms with E-state index in [0.717, 1.165) is 19.3 Å². The van der Waals surface area contributed by atoms with E-state index in [1.165, 1.54) is 0 Å². The van der Waals surface area contributed by atoms with E-state index in [0.29, 0.717) is 13.1 Å². The zero-order valence-corrected chi connectivity index (χ0v) is 10.8. The Bertz CT molecular complexity index is 195. The summed E-state index contributed by atoms with van der Waals surface area (Å²) in [5, 5.41) is 8.93. The van der Waals surface area contributed by atoms with Gasteiger partial charge >= 0.3 is 0 Å². The van der Waals surface area contributed by atoms with Gasteiger partial charge in [-0.1, -0.05) is 33.6 Å². The van der Waals surface area contributed by atoms with E-state index in [1.807, 2.05) is 13.8 Å². The van der Waals surface area contributed by atoms with Gasteiger partial charge in [-0.05, 0) is 12.3 Å². The van der Waals surface area contributed by atoms with Gasteiger partial charge in [0.25, 0.3) is 0 Å². The molecule has 0 aliphatic carbocycles. The molecule has 0 saturated heterocycles. The van der Waals surface area contributed by atoms with Crippen LogP contribution in [0.5, 0.6) is 0 Å². The molecule has 0 spiro atoms. The van der Waals surface area contributed by atoms with Crippen molar-refractivity contribution in [2.75, 3.05) is 19.7 Å². The number of nitrogens with two attached hydrogens (primary N) is 1. The van der Waals surface area contributed by atoms with E-state index in [4.69, 9.17) is 10.8 Å². The molecule has 0 bridgehead atoms. The molecule has 96 valence electrons. The fraction of sp³-hybridized carbons (Fsp3) is 0.917. The Morgan fingerprint density at radius 1 is 1.31 bits per heavy atom. The molecule has 3 N–H and O–H groups in total. The predicted octanol–water partition coefficient (Wildman–Crippen LogP) is 0.981. The van der Waals surface area contributed by atoms with Gasteiger partial charge in [0.15, 0.2) is 0 Å². The monoisotopic (exact) mass is 230 g/mol. The molecule has 0 aliphatic heterocycles. The Morgan fingerprint density at radius 2 is 1.94 bits per heavy atom. The summed E-state index contributed by atoms with van der Waals surface area (Å²) in [4.78, 5) is 13.6. The number of nitrogens with zero attached hydrogens (tertiary/aromatic N) is 1. The molecule has 4 nitrogen and oxygen atoms in total.